The lowest BCUT2D eigenvalue weighted by molar-refractivity contribution is 0.180. The van der Waals surface area contributed by atoms with Gasteiger partial charge in [-0.3, -0.25) is 4.90 Å². The summed E-state index contributed by atoms with van der Waals surface area (Å²) >= 11 is 5.92. The van der Waals surface area contributed by atoms with E-state index in [0.717, 1.165) is 13.1 Å². The van der Waals surface area contributed by atoms with Crippen LogP contribution >= 0.6 is 11.6 Å². The predicted molar refractivity (Wildman–Crippen MR) is 81.1 cm³/mol. The third-order valence-electron chi connectivity index (χ3n) is 4.39. The first kappa shape index (κ1) is 15.3. The summed E-state index contributed by atoms with van der Waals surface area (Å²) in [6, 6.07) is 0.686. The van der Waals surface area contributed by atoms with E-state index in [-0.39, 0.29) is 10.8 Å². The molecule has 1 aromatic rings. The van der Waals surface area contributed by atoms with Crippen LogP contribution in [0.5, 0.6) is 0 Å². The smallest absolute Gasteiger partial charge is 0.246 e. The van der Waals surface area contributed by atoms with Crippen LogP contribution in [-0.4, -0.2) is 49.8 Å². The number of hydrogen-bond acceptors (Lipinski definition) is 4. The van der Waals surface area contributed by atoms with E-state index >= 15 is 0 Å². The van der Waals surface area contributed by atoms with Gasteiger partial charge in [0.2, 0.25) is 10.0 Å². The number of aryl methyl sites for hydroxylation is 2. The Morgan fingerprint density at radius 3 is 2.29 bits per heavy atom. The third-order valence-corrected chi connectivity index (χ3v) is 6.76. The molecule has 1 aromatic heterocycles. The molecular weight excluding hydrogens is 312 g/mol. The molecule has 0 spiro atoms. The molecule has 2 heterocycles. The Kier molecular flexibility index (Phi) is 4.07. The summed E-state index contributed by atoms with van der Waals surface area (Å²) in [5.41, 5.74) is 0.596. The van der Waals surface area contributed by atoms with Crippen molar-refractivity contribution in [3.05, 3.63) is 17.1 Å². The third kappa shape index (κ3) is 2.74. The number of hydrogen-bond donors (Lipinski definition) is 0. The second kappa shape index (κ2) is 5.57. The zero-order valence-corrected chi connectivity index (χ0v) is 14.0. The van der Waals surface area contributed by atoms with Crippen LogP contribution in [0.4, 0.5) is 0 Å². The van der Waals surface area contributed by atoms with Crippen molar-refractivity contribution < 1.29 is 12.8 Å². The van der Waals surface area contributed by atoms with Crippen molar-refractivity contribution in [2.75, 3.05) is 26.2 Å². The fourth-order valence-electron chi connectivity index (χ4n) is 3.08. The lowest BCUT2D eigenvalue weighted by Crippen LogP contribution is -2.49. The maximum Gasteiger partial charge on any atom is 0.246 e. The second-order valence-corrected chi connectivity index (χ2v) is 7.97. The van der Waals surface area contributed by atoms with Crippen LogP contribution in [0.1, 0.15) is 29.9 Å². The molecule has 5 nitrogen and oxygen atoms in total. The number of sulfonamides is 1. The molecule has 1 aliphatic carbocycles. The maximum atomic E-state index is 12.9. The largest absolute Gasteiger partial charge is 0.465 e. The molecule has 2 aliphatic rings. The summed E-state index contributed by atoms with van der Waals surface area (Å²) in [5.74, 6) is 1.19. The van der Waals surface area contributed by atoms with Crippen LogP contribution in [0.3, 0.4) is 0 Å². The van der Waals surface area contributed by atoms with E-state index in [9.17, 15) is 8.42 Å². The summed E-state index contributed by atoms with van der Waals surface area (Å²) in [7, 11) is -3.51. The average Bonchev–Trinajstić information content (AvgIpc) is 3.24. The van der Waals surface area contributed by atoms with Crippen molar-refractivity contribution in [1.29, 1.82) is 0 Å². The van der Waals surface area contributed by atoms with Gasteiger partial charge in [-0.15, -0.1) is 11.6 Å². The number of rotatable bonds is 4. The van der Waals surface area contributed by atoms with Gasteiger partial charge in [0.1, 0.15) is 16.4 Å². The minimum Gasteiger partial charge on any atom is -0.465 e. The van der Waals surface area contributed by atoms with Crippen LogP contribution in [0.2, 0.25) is 0 Å². The molecule has 0 unspecified atom stereocenters. The lowest BCUT2D eigenvalue weighted by Gasteiger charge is -2.34. The molecule has 0 N–H and O–H groups in total. The van der Waals surface area contributed by atoms with Crippen molar-refractivity contribution in [2.45, 2.75) is 43.5 Å². The van der Waals surface area contributed by atoms with Crippen LogP contribution in [-0.2, 0) is 15.9 Å². The number of piperazine rings is 1. The Morgan fingerprint density at radius 1 is 1.14 bits per heavy atom. The highest BCUT2D eigenvalue weighted by molar-refractivity contribution is 7.89. The van der Waals surface area contributed by atoms with Crippen molar-refractivity contribution >= 4 is 21.6 Å². The van der Waals surface area contributed by atoms with E-state index in [4.69, 9.17) is 16.0 Å². The minimum absolute atomic E-state index is 0.153. The standard InChI is InChI=1S/C14H21ClN2O3S/c1-10-13(9-15)14(11(2)20-10)21(18,19)17-7-5-16(6-8-17)12-3-4-12/h12H,3-9H2,1-2H3. The van der Waals surface area contributed by atoms with E-state index in [2.05, 4.69) is 4.90 Å². The first-order chi connectivity index (χ1) is 9.95. The second-order valence-electron chi connectivity index (χ2n) is 5.83. The van der Waals surface area contributed by atoms with Crippen LogP contribution in [0, 0.1) is 13.8 Å². The van der Waals surface area contributed by atoms with Crippen LogP contribution in [0.25, 0.3) is 0 Å². The van der Waals surface area contributed by atoms with Gasteiger partial charge in [-0.05, 0) is 26.7 Å². The monoisotopic (exact) mass is 332 g/mol. The van der Waals surface area contributed by atoms with E-state index in [1.54, 1.807) is 18.2 Å². The topological polar surface area (TPSA) is 53.8 Å². The highest BCUT2D eigenvalue weighted by Gasteiger charge is 2.37. The normalized spacial score (nSPS) is 21.9. The van der Waals surface area contributed by atoms with Gasteiger partial charge in [-0.25, -0.2) is 8.42 Å². The zero-order valence-electron chi connectivity index (χ0n) is 12.4. The van der Waals surface area contributed by atoms with Gasteiger partial charge in [0.25, 0.3) is 0 Å². The van der Waals surface area contributed by atoms with Gasteiger partial charge in [-0.1, -0.05) is 0 Å². The van der Waals surface area contributed by atoms with Gasteiger partial charge in [-0.2, -0.15) is 4.31 Å². The maximum absolute atomic E-state index is 12.9. The van der Waals surface area contributed by atoms with Crippen molar-refractivity contribution in [2.24, 2.45) is 0 Å². The highest BCUT2D eigenvalue weighted by Crippen LogP contribution is 2.32. The molecule has 3 rings (SSSR count). The van der Waals surface area contributed by atoms with Gasteiger partial charge < -0.3 is 4.42 Å². The Morgan fingerprint density at radius 2 is 1.76 bits per heavy atom. The van der Waals surface area contributed by atoms with E-state index in [1.165, 1.54) is 12.8 Å². The molecule has 2 fully saturated rings. The van der Waals surface area contributed by atoms with Crippen molar-refractivity contribution in [1.82, 2.24) is 9.21 Å². The summed E-state index contributed by atoms with van der Waals surface area (Å²) < 4.78 is 32.8. The summed E-state index contributed by atoms with van der Waals surface area (Å²) in [5, 5.41) is 0. The zero-order chi connectivity index (χ0) is 15.2. The van der Waals surface area contributed by atoms with Crippen molar-refractivity contribution in [3.63, 3.8) is 0 Å². The van der Waals surface area contributed by atoms with Gasteiger partial charge in [0.05, 0.1) is 5.88 Å². The molecule has 1 aliphatic heterocycles. The lowest BCUT2D eigenvalue weighted by atomic mass is 10.3. The van der Waals surface area contributed by atoms with E-state index < -0.39 is 10.0 Å². The number of halogens is 1. The number of alkyl halides is 1. The first-order valence-corrected chi connectivity index (χ1v) is 9.31. The molecule has 0 aromatic carbocycles. The highest BCUT2D eigenvalue weighted by atomic mass is 35.5. The quantitative estimate of drug-likeness (QED) is 0.792. The Bertz CT molecular complexity index is 629. The molecule has 118 valence electrons. The van der Waals surface area contributed by atoms with Crippen molar-refractivity contribution in [3.8, 4) is 0 Å². The summed E-state index contributed by atoms with van der Waals surface area (Å²) in [4.78, 5) is 2.66. The summed E-state index contributed by atoms with van der Waals surface area (Å²) in [6.45, 7) is 6.17. The first-order valence-electron chi connectivity index (χ1n) is 7.34. The van der Waals surface area contributed by atoms with Gasteiger partial charge >= 0.3 is 0 Å². The fourth-order valence-corrected chi connectivity index (χ4v) is 5.32. The Balaban J connectivity index is 1.84. The minimum atomic E-state index is -3.51. The molecule has 0 bridgehead atoms. The Labute approximate surface area is 130 Å². The van der Waals surface area contributed by atoms with E-state index in [1.807, 2.05) is 0 Å². The average molecular weight is 333 g/mol. The van der Waals surface area contributed by atoms with E-state index in [0.29, 0.717) is 36.2 Å². The molecular formula is C14H21ClN2O3S. The van der Waals surface area contributed by atoms with Crippen LogP contribution in [0.15, 0.2) is 9.31 Å². The summed E-state index contributed by atoms with van der Waals surface area (Å²) in [6.07, 6.45) is 2.51. The fraction of sp³-hybridized carbons (Fsp3) is 0.714. The van der Waals surface area contributed by atoms with Gasteiger partial charge in [0.15, 0.2) is 0 Å². The Hall–Kier alpha value is -0.560. The predicted octanol–water partition coefficient (Wildman–Crippen LogP) is 2.10. The molecule has 0 atom stereocenters. The van der Waals surface area contributed by atoms with Gasteiger partial charge in [0, 0.05) is 37.8 Å². The number of nitrogens with zero attached hydrogens (tertiary/aromatic N) is 2. The molecule has 1 saturated heterocycles. The SMILES string of the molecule is Cc1oc(C)c(S(=O)(=O)N2CCN(C3CC3)CC2)c1CCl. The molecule has 0 radical (unpaired) electrons. The van der Waals surface area contributed by atoms with Crippen LogP contribution < -0.4 is 0 Å². The molecule has 1 saturated carbocycles. The molecule has 7 heteroatoms. The molecule has 21 heavy (non-hydrogen) atoms. The molecule has 0 amide bonds. The number of furan rings is 1.